The summed E-state index contributed by atoms with van der Waals surface area (Å²) in [7, 11) is 4.47. The van der Waals surface area contributed by atoms with Gasteiger partial charge in [-0.15, -0.1) is 12.4 Å². The van der Waals surface area contributed by atoms with E-state index >= 15 is 0 Å². The van der Waals surface area contributed by atoms with Crippen molar-refractivity contribution in [3.8, 4) is 0 Å². The summed E-state index contributed by atoms with van der Waals surface area (Å²) in [6, 6.07) is 10.6. The van der Waals surface area contributed by atoms with Crippen molar-refractivity contribution in [1.29, 1.82) is 0 Å². The lowest BCUT2D eigenvalue weighted by molar-refractivity contribution is -0.919. The van der Waals surface area contributed by atoms with Crippen molar-refractivity contribution in [2.45, 2.75) is 109 Å². The molecule has 0 aromatic heterocycles. The van der Waals surface area contributed by atoms with Gasteiger partial charge in [0.05, 0.1) is 20.6 Å². The molecule has 5 heteroatoms. The van der Waals surface area contributed by atoms with E-state index in [1.165, 1.54) is 56.9 Å². The Balaban J connectivity index is 0.00000900. The molecule has 4 nitrogen and oxygen atoms in total. The van der Waals surface area contributed by atoms with Gasteiger partial charge in [-0.25, -0.2) is 0 Å². The molecule has 0 saturated heterocycles. The van der Waals surface area contributed by atoms with Gasteiger partial charge >= 0.3 is 0 Å². The van der Waals surface area contributed by atoms with Crippen molar-refractivity contribution < 1.29 is 9.41 Å². The summed E-state index contributed by atoms with van der Waals surface area (Å²) < 4.78 is 0.868. The average molecular weight is 456 g/mol. The highest BCUT2D eigenvalue weighted by Crippen LogP contribution is 2.25. The molecular weight excluding hydrogens is 408 g/mol. The predicted octanol–water partition coefficient (Wildman–Crippen LogP) is 7.98. The van der Waals surface area contributed by atoms with E-state index < -0.39 is 0 Å². The van der Waals surface area contributed by atoms with E-state index in [4.69, 9.17) is 0 Å². The van der Waals surface area contributed by atoms with Crippen molar-refractivity contribution >= 4 is 12.4 Å². The highest BCUT2D eigenvalue weighted by Gasteiger charge is 2.27. The van der Waals surface area contributed by atoms with Gasteiger partial charge in [0.25, 0.3) is 0 Å². The lowest BCUT2D eigenvalue weighted by Crippen LogP contribution is -2.43. The van der Waals surface area contributed by atoms with Crippen LogP contribution in [0.1, 0.15) is 109 Å². The van der Waals surface area contributed by atoms with Crippen LogP contribution in [0.5, 0.6) is 0 Å². The molecule has 1 aromatic carbocycles. The van der Waals surface area contributed by atoms with E-state index in [1.54, 1.807) is 0 Å². The van der Waals surface area contributed by atoms with Gasteiger partial charge < -0.3 is 4.48 Å². The first kappa shape index (κ1) is 29.9. The van der Waals surface area contributed by atoms with Gasteiger partial charge in [-0.1, -0.05) is 95.0 Å². The molecule has 2 unspecified atom stereocenters. The van der Waals surface area contributed by atoms with Gasteiger partial charge in [0, 0.05) is 29.7 Å². The maximum absolute atomic E-state index is 11.5. The lowest BCUT2D eigenvalue weighted by atomic mass is 10.0. The summed E-state index contributed by atoms with van der Waals surface area (Å²) in [5.41, 5.74) is 1.33. The molecule has 0 fully saturated rings. The van der Waals surface area contributed by atoms with E-state index in [9.17, 15) is 10.1 Å². The second-order valence-corrected chi connectivity index (χ2v) is 9.64. The number of nitro groups is 1. The Bertz CT molecular complexity index is 566. The van der Waals surface area contributed by atoms with E-state index in [-0.39, 0.29) is 23.4 Å². The molecule has 2 atom stereocenters. The third-order valence-electron chi connectivity index (χ3n) is 6.79. The molecule has 0 aliphatic rings. The van der Waals surface area contributed by atoms with Crippen LogP contribution in [0.15, 0.2) is 30.3 Å². The van der Waals surface area contributed by atoms with Crippen LogP contribution in [0, 0.1) is 10.1 Å². The fourth-order valence-corrected chi connectivity index (χ4v) is 4.29. The summed E-state index contributed by atoms with van der Waals surface area (Å²) in [4.78, 5) is 11.5. The molecule has 180 valence electrons. The van der Waals surface area contributed by atoms with Crippen LogP contribution in [0.25, 0.3) is 0 Å². The number of halogens is 1. The number of nitrogens with zero attached hydrogens (tertiary/aromatic N) is 2. The Labute approximate surface area is 198 Å². The Morgan fingerprint density at radius 2 is 1.32 bits per heavy atom. The summed E-state index contributed by atoms with van der Waals surface area (Å²) in [5, 5.41) is 11.5. The molecule has 0 N–H and O–H groups in total. The number of quaternary nitrogens is 1. The number of hydrogen-bond acceptors (Lipinski definition) is 2. The Hall–Kier alpha value is -1.13. The van der Waals surface area contributed by atoms with Crippen LogP contribution in [0.2, 0.25) is 0 Å². The van der Waals surface area contributed by atoms with Gasteiger partial charge in [-0.05, 0) is 13.3 Å². The van der Waals surface area contributed by atoms with E-state index in [0.29, 0.717) is 12.5 Å². The summed E-state index contributed by atoms with van der Waals surface area (Å²) >= 11 is 0. The largest absolute Gasteiger partial charge is 0.323 e. The molecule has 0 amide bonds. The number of unbranched alkanes of at least 4 members (excludes halogenated alkanes) is 9. The van der Waals surface area contributed by atoms with Crippen molar-refractivity contribution in [2.75, 3.05) is 20.6 Å². The highest BCUT2D eigenvalue weighted by molar-refractivity contribution is 5.85. The zero-order valence-electron chi connectivity index (χ0n) is 20.6. The highest BCUT2D eigenvalue weighted by atomic mass is 35.5. The van der Waals surface area contributed by atoms with Gasteiger partial charge in [0.15, 0.2) is 0 Å². The van der Waals surface area contributed by atoms with Crippen LogP contribution in [-0.4, -0.2) is 36.1 Å². The third-order valence-corrected chi connectivity index (χ3v) is 6.79. The summed E-state index contributed by atoms with van der Waals surface area (Å²) in [5.74, 6) is 0. The quantitative estimate of drug-likeness (QED) is 0.0973. The molecule has 0 aliphatic carbocycles. The minimum atomic E-state index is -0.369. The standard InChI is InChI=1S/C26H47N2O2.ClH/c1-5-6-7-8-9-10-11-12-13-17-21-26(27(29)30)22-18-23-28(3,4)24(2)25-19-15-14-16-20-25;/h14-16,19-20,24,26H,5-13,17-18,21-23H2,1-4H3;1H/q+1;. The van der Waals surface area contributed by atoms with Crippen LogP contribution in [0.4, 0.5) is 0 Å². The van der Waals surface area contributed by atoms with Crippen molar-refractivity contribution in [3.05, 3.63) is 46.0 Å². The Morgan fingerprint density at radius 3 is 1.84 bits per heavy atom. The van der Waals surface area contributed by atoms with Crippen LogP contribution < -0.4 is 0 Å². The molecule has 0 bridgehead atoms. The second kappa shape index (κ2) is 17.4. The maximum atomic E-state index is 11.5. The Morgan fingerprint density at radius 1 is 0.839 bits per heavy atom. The SMILES string of the molecule is CCCCCCCCCCCCC(CCC[N+](C)(C)C(C)c1ccccc1)[N+](=O)[O-].Cl. The van der Waals surface area contributed by atoms with Gasteiger partial charge in [0.2, 0.25) is 6.04 Å². The molecular formula is C26H48ClN2O2+. The summed E-state index contributed by atoms with van der Waals surface area (Å²) in [6.45, 7) is 5.48. The molecule has 1 rings (SSSR count). The molecule has 0 radical (unpaired) electrons. The molecule has 0 aliphatic heterocycles. The smallest absolute Gasteiger partial charge is 0.213 e. The van der Waals surface area contributed by atoms with Crippen molar-refractivity contribution in [1.82, 2.24) is 0 Å². The van der Waals surface area contributed by atoms with Crippen LogP contribution >= 0.6 is 12.4 Å². The van der Waals surface area contributed by atoms with E-state index in [2.05, 4.69) is 52.2 Å². The van der Waals surface area contributed by atoms with Gasteiger partial charge in [0.1, 0.15) is 6.04 Å². The molecule has 1 aromatic rings. The topological polar surface area (TPSA) is 43.1 Å². The fraction of sp³-hybridized carbons (Fsp3) is 0.769. The minimum absolute atomic E-state index is 0. The predicted molar refractivity (Wildman–Crippen MR) is 136 cm³/mol. The van der Waals surface area contributed by atoms with Gasteiger partial charge in [-0.3, -0.25) is 10.1 Å². The molecule has 0 heterocycles. The van der Waals surface area contributed by atoms with Crippen molar-refractivity contribution in [3.63, 3.8) is 0 Å². The lowest BCUT2D eigenvalue weighted by Gasteiger charge is -2.36. The number of rotatable bonds is 18. The number of benzene rings is 1. The van der Waals surface area contributed by atoms with E-state index in [1.807, 2.05) is 6.07 Å². The van der Waals surface area contributed by atoms with Crippen LogP contribution in [0.3, 0.4) is 0 Å². The zero-order chi connectivity index (χ0) is 22.2. The normalized spacial score (nSPS) is 13.4. The van der Waals surface area contributed by atoms with Crippen LogP contribution in [-0.2, 0) is 0 Å². The van der Waals surface area contributed by atoms with E-state index in [0.717, 1.165) is 36.7 Å². The number of hydrogen-bond donors (Lipinski definition) is 0. The average Bonchev–Trinajstić information content (AvgIpc) is 2.73. The zero-order valence-corrected chi connectivity index (χ0v) is 21.4. The first-order valence-corrected chi connectivity index (χ1v) is 12.4. The summed E-state index contributed by atoms with van der Waals surface area (Å²) in [6.07, 6.45) is 15.1. The second-order valence-electron chi connectivity index (χ2n) is 9.64. The maximum Gasteiger partial charge on any atom is 0.213 e. The minimum Gasteiger partial charge on any atom is -0.323 e. The molecule has 31 heavy (non-hydrogen) atoms. The Kier molecular flexibility index (Phi) is 16.8. The molecule has 0 spiro atoms. The van der Waals surface area contributed by atoms with Gasteiger partial charge in [-0.2, -0.15) is 0 Å². The monoisotopic (exact) mass is 455 g/mol. The third kappa shape index (κ3) is 13.1. The fourth-order valence-electron chi connectivity index (χ4n) is 4.29. The first-order chi connectivity index (χ1) is 14.4. The molecule has 0 saturated carbocycles. The van der Waals surface area contributed by atoms with Crippen molar-refractivity contribution in [2.24, 2.45) is 0 Å². The first-order valence-electron chi connectivity index (χ1n) is 12.4.